The smallest absolute Gasteiger partial charge is 0.227 e. The summed E-state index contributed by atoms with van der Waals surface area (Å²) < 4.78 is 5.68. The number of aromatic nitrogens is 1. The Hall–Kier alpha value is -2.40. The van der Waals surface area contributed by atoms with Crippen LogP contribution in [-0.4, -0.2) is 16.9 Å². The van der Waals surface area contributed by atoms with Crippen molar-refractivity contribution in [3.63, 3.8) is 0 Å². The van der Waals surface area contributed by atoms with Gasteiger partial charge in [-0.1, -0.05) is 12.5 Å². The van der Waals surface area contributed by atoms with Crippen LogP contribution in [0.15, 0.2) is 48.7 Å². The van der Waals surface area contributed by atoms with Crippen LogP contribution in [0, 0.1) is 17.8 Å². The van der Waals surface area contributed by atoms with Crippen LogP contribution in [0.4, 0.5) is 5.69 Å². The summed E-state index contributed by atoms with van der Waals surface area (Å²) in [5, 5.41) is 3.06. The summed E-state index contributed by atoms with van der Waals surface area (Å²) in [5.74, 6) is 2.45. The van der Waals surface area contributed by atoms with Crippen molar-refractivity contribution < 1.29 is 9.53 Å². The second-order valence-corrected chi connectivity index (χ2v) is 7.48. The Morgan fingerprint density at radius 3 is 2.46 bits per heavy atom. The van der Waals surface area contributed by atoms with Gasteiger partial charge in [-0.25, -0.2) is 4.98 Å². The summed E-state index contributed by atoms with van der Waals surface area (Å²) in [7, 11) is 0. The molecular formula is C21H25N3O2. The summed E-state index contributed by atoms with van der Waals surface area (Å²) in [6, 6.07) is 13.2. The normalized spacial score (nSPS) is 27.6. The molecule has 4 rings (SSSR count). The number of pyridine rings is 1. The van der Waals surface area contributed by atoms with E-state index in [4.69, 9.17) is 10.5 Å². The maximum Gasteiger partial charge on any atom is 0.227 e. The number of hydrogen-bond donors (Lipinski definition) is 2. The molecule has 0 saturated heterocycles. The Morgan fingerprint density at radius 2 is 1.81 bits per heavy atom. The Balaban J connectivity index is 1.36. The van der Waals surface area contributed by atoms with Gasteiger partial charge >= 0.3 is 0 Å². The molecule has 136 valence electrons. The Morgan fingerprint density at radius 1 is 1.08 bits per heavy atom. The van der Waals surface area contributed by atoms with Gasteiger partial charge in [0.2, 0.25) is 11.8 Å². The number of ether oxygens (including phenoxy) is 1. The highest BCUT2D eigenvalue weighted by molar-refractivity contribution is 5.92. The van der Waals surface area contributed by atoms with E-state index in [1.165, 1.54) is 19.3 Å². The fourth-order valence-corrected chi connectivity index (χ4v) is 4.38. The summed E-state index contributed by atoms with van der Waals surface area (Å²) in [4.78, 5) is 16.8. The number of nitrogens with zero attached hydrogens (tertiary/aromatic N) is 1. The van der Waals surface area contributed by atoms with Crippen LogP contribution in [0.25, 0.3) is 0 Å². The fraction of sp³-hybridized carbons (Fsp3) is 0.429. The summed E-state index contributed by atoms with van der Waals surface area (Å²) in [6.07, 6.45) is 7.13. The van der Waals surface area contributed by atoms with Crippen molar-refractivity contribution in [2.24, 2.45) is 23.5 Å². The van der Waals surface area contributed by atoms with E-state index in [0.717, 1.165) is 18.5 Å². The summed E-state index contributed by atoms with van der Waals surface area (Å²) in [6.45, 7) is 0. The number of benzene rings is 1. The molecule has 1 aromatic carbocycles. The van der Waals surface area contributed by atoms with Gasteiger partial charge in [-0.3, -0.25) is 4.79 Å². The van der Waals surface area contributed by atoms with Crippen LogP contribution in [0.2, 0.25) is 0 Å². The third kappa shape index (κ3) is 3.73. The van der Waals surface area contributed by atoms with E-state index in [1.807, 2.05) is 36.4 Å². The van der Waals surface area contributed by atoms with Crippen molar-refractivity contribution in [1.82, 2.24) is 4.98 Å². The molecule has 1 amide bonds. The van der Waals surface area contributed by atoms with Crippen molar-refractivity contribution in [3.05, 3.63) is 48.7 Å². The number of nitrogens with two attached hydrogens (primary N) is 1. The second kappa shape index (κ2) is 7.46. The fourth-order valence-electron chi connectivity index (χ4n) is 4.38. The number of carbonyl (C=O) groups is 1. The molecule has 2 saturated carbocycles. The first-order valence-electron chi connectivity index (χ1n) is 9.44. The van der Waals surface area contributed by atoms with Crippen molar-refractivity contribution in [2.75, 3.05) is 5.32 Å². The molecule has 0 radical (unpaired) electrons. The molecule has 5 heteroatoms. The molecule has 2 fully saturated rings. The molecule has 0 aliphatic heterocycles. The topological polar surface area (TPSA) is 77.2 Å². The van der Waals surface area contributed by atoms with E-state index in [-0.39, 0.29) is 17.9 Å². The minimum absolute atomic E-state index is 0.0783. The highest BCUT2D eigenvalue weighted by atomic mass is 16.5. The van der Waals surface area contributed by atoms with Gasteiger partial charge in [-0.15, -0.1) is 0 Å². The number of amides is 1. The van der Waals surface area contributed by atoms with Gasteiger partial charge in [0.1, 0.15) is 5.75 Å². The Labute approximate surface area is 154 Å². The van der Waals surface area contributed by atoms with E-state index in [0.29, 0.717) is 23.5 Å². The van der Waals surface area contributed by atoms with Crippen LogP contribution in [-0.2, 0) is 4.79 Å². The zero-order valence-corrected chi connectivity index (χ0v) is 14.8. The van der Waals surface area contributed by atoms with Crippen molar-refractivity contribution in [1.29, 1.82) is 0 Å². The predicted octanol–water partition coefficient (Wildman–Crippen LogP) is 3.97. The number of anilines is 1. The molecule has 5 nitrogen and oxygen atoms in total. The summed E-state index contributed by atoms with van der Waals surface area (Å²) >= 11 is 0. The Bertz CT molecular complexity index is 734. The lowest BCUT2D eigenvalue weighted by molar-refractivity contribution is -0.122. The van der Waals surface area contributed by atoms with Gasteiger partial charge in [-0.2, -0.15) is 0 Å². The zero-order chi connectivity index (χ0) is 17.9. The van der Waals surface area contributed by atoms with E-state index in [9.17, 15) is 4.79 Å². The van der Waals surface area contributed by atoms with Gasteiger partial charge in [0, 0.05) is 29.9 Å². The third-order valence-corrected chi connectivity index (χ3v) is 5.77. The molecule has 26 heavy (non-hydrogen) atoms. The monoisotopic (exact) mass is 351 g/mol. The van der Waals surface area contributed by atoms with E-state index in [2.05, 4.69) is 10.3 Å². The first-order chi connectivity index (χ1) is 12.7. The lowest BCUT2D eigenvalue weighted by Gasteiger charge is -2.43. The largest absolute Gasteiger partial charge is 0.439 e. The first kappa shape index (κ1) is 17.0. The van der Waals surface area contributed by atoms with E-state index in [1.54, 1.807) is 12.3 Å². The van der Waals surface area contributed by atoms with Crippen LogP contribution < -0.4 is 15.8 Å². The van der Waals surface area contributed by atoms with E-state index >= 15 is 0 Å². The van der Waals surface area contributed by atoms with Gasteiger partial charge < -0.3 is 15.8 Å². The van der Waals surface area contributed by atoms with Crippen molar-refractivity contribution >= 4 is 11.6 Å². The molecule has 2 unspecified atom stereocenters. The minimum Gasteiger partial charge on any atom is -0.439 e. The highest BCUT2D eigenvalue weighted by Gasteiger charge is 2.40. The molecule has 1 heterocycles. The standard InChI is InChI=1S/C21H25N3O2/c22-20-14-4-3-5-15(20)13-16(12-14)21(25)24-17-7-9-18(10-8-17)26-19-6-1-2-11-23-19/h1-2,6-11,14-16,20H,3-5,12-13,22H2,(H,24,25). The van der Waals surface area contributed by atoms with E-state index < -0.39 is 0 Å². The van der Waals surface area contributed by atoms with Crippen LogP contribution in [0.5, 0.6) is 11.6 Å². The second-order valence-electron chi connectivity index (χ2n) is 7.48. The maximum atomic E-state index is 12.7. The minimum atomic E-state index is 0.0783. The van der Waals surface area contributed by atoms with Crippen molar-refractivity contribution in [2.45, 2.75) is 38.1 Å². The molecule has 2 aliphatic rings. The van der Waals surface area contributed by atoms with Gasteiger partial charge in [-0.05, 0) is 67.9 Å². The van der Waals surface area contributed by atoms with Gasteiger partial charge in [0.05, 0.1) is 0 Å². The quantitative estimate of drug-likeness (QED) is 0.874. The zero-order valence-electron chi connectivity index (χ0n) is 14.8. The molecule has 1 aromatic heterocycles. The molecular weight excluding hydrogens is 326 g/mol. The number of carbonyl (C=O) groups excluding carboxylic acids is 1. The first-order valence-corrected chi connectivity index (χ1v) is 9.44. The number of nitrogens with one attached hydrogen (secondary N) is 1. The number of fused-ring (bicyclic) bond motifs is 2. The number of rotatable bonds is 4. The average molecular weight is 351 g/mol. The van der Waals surface area contributed by atoms with Crippen LogP contribution in [0.1, 0.15) is 32.1 Å². The molecule has 2 bridgehead atoms. The summed E-state index contributed by atoms with van der Waals surface area (Å²) in [5.41, 5.74) is 7.12. The average Bonchev–Trinajstić information content (AvgIpc) is 2.64. The lowest BCUT2D eigenvalue weighted by atomic mass is 9.65. The number of hydrogen-bond acceptors (Lipinski definition) is 4. The highest BCUT2D eigenvalue weighted by Crippen LogP contribution is 2.42. The predicted molar refractivity (Wildman–Crippen MR) is 101 cm³/mol. The SMILES string of the molecule is NC1C2CCCC1CC(C(=O)Nc1ccc(Oc3ccccn3)cc1)C2. The molecule has 3 N–H and O–H groups in total. The molecule has 2 aromatic rings. The van der Waals surface area contributed by atoms with Gasteiger partial charge in [0.15, 0.2) is 0 Å². The van der Waals surface area contributed by atoms with Gasteiger partial charge in [0.25, 0.3) is 0 Å². The van der Waals surface area contributed by atoms with Crippen molar-refractivity contribution in [3.8, 4) is 11.6 Å². The maximum absolute atomic E-state index is 12.7. The van der Waals surface area contributed by atoms with Crippen LogP contribution >= 0.6 is 0 Å². The molecule has 0 spiro atoms. The third-order valence-electron chi connectivity index (χ3n) is 5.77. The lowest BCUT2D eigenvalue weighted by Crippen LogP contribution is -2.48. The molecule has 2 aliphatic carbocycles. The Kier molecular flexibility index (Phi) is 4.89. The van der Waals surface area contributed by atoms with Crippen LogP contribution in [0.3, 0.4) is 0 Å². The molecule has 2 atom stereocenters.